The third kappa shape index (κ3) is 3.02. The van der Waals surface area contributed by atoms with E-state index in [1.165, 1.54) is 37.9 Å². The average molecular weight is 274 g/mol. The van der Waals surface area contributed by atoms with Crippen molar-refractivity contribution in [2.45, 2.75) is 37.9 Å². The molecule has 1 aromatic rings. The van der Waals surface area contributed by atoms with Gasteiger partial charge in [-0.2, -0.15) is 0 Å². The first kappa shape index (κ1) is 13.6. The van der Waals surface area contributed by atoms with Crippen molar-refractivity contribution in [3.05, 3.63) is 35.4 Å². The van der Waals surface area contributed by atoms with Gasteiger partial charge in [0.05, 0.1) is 5.56 Å². The monoisotopic (exact) mass is 274 g/mol. The molecule has 4 nitrogen and oxygen atoms in total. The van der Waals surface area contributed by atoms with Gasteiger partial charge < -0.3 is 5.11 Å². The highest BCUT2D eigenvalue weighted by molar-refractivity contribution is 5.87. The first-order valence-electron chi connectivity index (χ1n) is 7.40. The van der Waals surface area contributed by atoms with Crippen molar-refractivity contribution in [2.75, 3.05) is 20.1 Å². The summed E-state index contributed by atoms with van der Waals surface area (Å²) in [6.07, 6.45) is 4.01. The summed E-state index contributed by atoms with van der Waals surface area (Å²) in [5, 5.41) is 8.90. The lowest BCUT2D eigenvalue weighted by molar-refractivity contribution is 0.0697. The quantitative estimate of drug-likeness (QED) is 0.892. The molecule has 0 spiro atoms. The summed E-state index contributed by atoms with van der Waals surface area (Å²) in [7, 11) is 2.17. The van der Waals surface area contributed by atoms with Gasteiger partial charge in [0.25, 0.3) is 0 Å². The van der Waals surface area contributed by atoms with Crippen LogP contribution in [0, 0.1) is 0 Å². The van der Waals surface area contributed by atoms with Crippen molar-refractivity contribution in [2.24, 2.45) is 0 Å². The molecule has 0 bridgehead atoms. The van der Waals surface area contributed by atoms with Gasteiger partial charge in [0.15, 0.2) is 0 Å². The molecular formula is C16H22N2O2. The number of likely N-dealkylation sites (N-methyl/N-ethyl adjacent to an activating group) is 1. The van der Waals surface area contributed by atoms with E-state index in [9.17, 15) is 4.79 Å². The van der Waals surface area contributed by atoms with Crippen LogP contribution in [0.1, 0.15) is 35.2 Å². The van der Waals surface area contributed by atoms with E-state index in [4.69, 9.17) is 5.11 Å². The molecule has 3 rings (SSSR count). The number of carboxylic acids is 1. The van der Waals surface area contributed by atoms with Gasteiger partial charge in [0.1, 0.15) is 0 Å². The molecule has 4 heteroatoms. The smallest absolute Gasteiger partial charge is 0.335 e. The van der Waals surface area contributed by atoms with Gasteiger partial charge in [-0.05, 0) is 44.0 Å². The first-order valence-corrected chi connectivity index (χ1v) is 7.40. The van der Waals surface area contributed by atoms with Crippen molar-refractivity contribution in [3.63, 3.8) is 0 Å². The van der Waals surface area contributed by atoms with Crippen LogP contribution in [0.15, 0.2) is 24.3 Å². The predicted octanol–water partition coefficient (Wildman–Crippen LogP) is 2.05. The summed E-state index contributed by atoms with van der Waals surface area (Å²) < 4.78 is 0. The third-order valence-corrected chi connectivity index (χ3v) is 4.51. The largest absolute Gasteiger partial charge is 0.478 e. The molecule has 1 N–H and O–H groups in total. The molecule has 1 saturated heterocycles. The van der Waals surface area contributed by atoms with E-state index in [1.807, 2.05) is 12.1 Å². The summed E-state index contributed by atoms with van der Waals surface area (Å²) >= 11 is 0. The maximum absolute atomic E-state index is 10.8. The maximum atomic E-state index is 10.8. The van der Waals surface area contributed by atoms with Crippen LogP contribution in [0.4, 0.5) is 0 Å². The predicted molar refractivity (Wildman–Crippen MR) is 77.9 cm³/mol. The molecular weight excluding hydrogens is 252 g/mol. The topological polar surface area (TPSA) is 43.8 Å². The fourth-order valence-electron chi connectivity index (χ4n) is 3.07. The number of hydrogen-bond acceptors (Lipinski definition) is 3. The number of likely N-dealkylation sites (tertiary alicyclic amines) is 1. The molecule has 2 fully saturated rings. The molecule has 0 aromatic heterocycles. The Morgan fingerprint density at radius 1 is 1.30 bits per heavy atom. The minimum Gasteiger partial charge on any atom is -0.478 e. The summed E-state index contributed by atoms with van der Waals surface area (Å²) in [5.41, 5.74) is 1.54. The normalized spacial score (nSPS) is 23.4. The number of aromatic carboxylic acids is 1. The van der Waals surface area contributed by atoms with Crippen molar-refractivity contribution in [3.8, 4) is 0 Å². The SMILES string of the molecule is CN(Cc1ccc(C(=O)O)cc1)C1CCN(C2CC2)C1. The number of carboxylic acid groups (broad SMARTS) is 1. The van der Waals surface area contributed by atoms with Gasteiger partial charge >= 0.3 is 5.97 Å². The lowest BCUT2D eigenvalue weighted by Crippen LogP contribution is -2.34. The highest BCUT2D eigenvalue weighted by atomic mass is 16.4. The second-order valence-corrected chi connectivity index (χ2v) is 6.09. The van der Waals surface area contributed by atoms with E-state index in [-0.39, 0.29) is 0 Å². The standard InChI is InChI=1S/C16H22N2O2/c1-17(15-8-9-18(11-15)14-6-7-14)10-12-2-4-13(5-3-12)16(19)20/h2-5,14-15H,6-11H2,1H3,(H,19,20). The second-order valence-electron chi connectivity index (χ2n) is 6.09. The Morgan fingerprint density at radius 3 is 2.60 bits per heavy atom. The Bertz CT molecular complexity index is 482. The highest BCUT2D eigenvalue weighted by Gasteiger charge is 2.35. The van der Waals surface area contributed by atoms with Crippen LogP contribution in [0.3, 0.4) is 0 Å². The Labute approximate surface area is 120 Å². The lowest BCUT2D eigenvalue weighted by atomic mass is 10.1. The highest BCUT2D eigenvalue weighted by Crippen LogP contribution is 2.31. The van der Waals surface area contributed by atoms with Crippen molar-refractivity contribution >= 4 is 5.97 Å². The molecule has 1 aliphatic heterocycles. The number of hydrogen-bond donors (Lipinski definition) is 1. The first-order chi connectivity index (χ1) is 9.63. The van der Waals surface area contributed by atoms with E-state index in [2.05, 4.69) is 16.8 Å². The molecule has 0 amide bonds. The molecule has 1 aliphatic carbocycles. The minimum atomic E-state index is -0.860. The summed E-state index contributed by atoms with van der Waals surface area (Å²) in [6.45, 7) is 3.31. The maximum Gasteiger partial charge on any atom is 0.335 e. The zero-order chi connectivity index (χ0) is 14.1. The Hall–Kier alpha value is -1.39. The fourth-order valence-corrected chi connectivity index (χ4v) is 3.07. The summed E-state index contributed by atoms with van der Waals surface area (Å²) in [6, 6.07) is 8.73. The number of nitrogens with zero attached hydrogens (tertiary/aromatic N) is 2. The Balaban J connectivity index is 1.55. The third-order valence-electron chi connectivity index (χ3n) is 4.51. The van der Waals surface area contributed by atoms with E-state index in [0.717, 1.165) is 12.6 Å². The van der Waals surface area contributed by atoms with Gasteiger partial charge in [-0.25, -0.2) is 4.79 Å². The van der Waals surface area contributed by atoms with Crippen LogP contribution in [0.5, 0.6) is 0 Å². The number of rotatable bonds is 5. The van der Waals surface area contributed by atoms with Crippen LogP contribution in [0.25, 0.3) is 0 Å². The van der Waals surface area contributed by atoms with Crippen molar-refractivity contribution in [1.82, 2.24) is 9.80 Å². The summed E-state index contributed by atoms with van der Waals surface area (Å²) in [4.78, 5) is 15.9. The molecule has 1 aromatic carbocycles. The van der Waals surface area contributed by atoms with Gasteiger partial charge in [-0.15, -0.1) is 0 Å². The zero-order valence-electron chi connectivity index (χ0n) is 12.0. The second kappa shape index (κ2) is 5.54. The number of benzene rings is 1. The van der Waals surface area contributed by atoms with Gasteiger partial charge in [0.2, 0.25) is 0 Å². The van der Waals surface area contributed by atoms with Gasteiger partial charge in [-0.1, -0.05) is 12.1 Å². The summed E-state index contributed by atoms with van der Waals surface area (Å²) in [5.74, 6) is -0.860. The fraction of sp³-hybridized carbons (Fsp3) is 0.562. The van der Waals surface area contributed by atoms with Crippen LogP contribution < -0.4 is 0 Å². The van der Waals surface area contributed by atoms with Crippen LogP contribution in [-0.4, -0.2) is 53.1 Å². The molecule has 20 heavy (non-hydrogen) atoms. The lowest BCUT2D eigenvalue weighted by Gasteiger charge is -2.25. The average Bonchev–Trinajstić information content (AvgIpc) is 3.17. The van der Waals surface area contributed by atoms with E-state index in [0.29, 0.717) is 11.6 Å². The van der Waals surface area contributed by atoms with Crippen LogP contribution >= 0.6 is 0 Å². The van der Waals surface area contributed by atoms with Crippen molar-refractivity contribution in [1.29, 1.82) is 0 Å². The van der Waals surface area contributed by atoms with Crippen LogP contribution in [-0.2, 0) is 6.54 Å². The van der Waals surface area contributed by atoms with E-state index in [1.54, 1.807) is 12.1 Å². The zero-order valence-corrected chi connectivity index (χ0v) is 12.0. The van der Waals surface area contributed by atoms with Gasteiger partial charge in [0, 0.05) is 31.7 Å². The van der Waals surface area contributed by atoms with Crippen molar-refractivity contribution < 1.29 is 9.90 Å². The molecule has 108 valence electrons. The van der Waals surface area contributed by atoms with Crippen LogP contribution in [0.2, 0.25) is 0 Å². The molecule has 2 aliphatic rings. The molecule has 0 radical (unpaired) electrons. The Morgan fingerprint density at radius 2 is 2.00 bits per heavy atom. The van der Waals surface area contributed by atoms with Gasteiger partial charge in [-0.3, -0.25) is 9.80 Å². The van der Waals surface area contributed by atoms with E-state index < -0.39 is 5.97 Å². The molecule has 1 unspecified atom stereocenters. The molecule has 1 saturated carbocycles. The number of carbonyl (C=O) groups is 1. The van der Waals surface area contributed by atoms with E-state index >= 15 is 0 Å². The Kier molecular flexibility index (Phi) is 3.76. The molecule has 1 atom stereocenters. The minimum absolute atomic E-state index is 0.358. The molecule has 1 heterocycles.